The number of hydrogen-bond donors (Lipinski definition) is 0. The topological polar surface area (TPSA) is 34.1 Å². The Morgan fingerprint density at radius 2 is 2.43 bits per heavy atom. The molecule has 1 rings (SSSR count). The van der Waals surface area contributed by atoms with Gasteiger partial charge in [-0.15, -0.1) is 0 Å². The quantitative estimate of drug-likeness (QED) is 0.474. The Bertz CT molecular complexity index is 132. The van der Waals surface area contributed by atoms with Gasteiger partial charge in [-0.05, 0) is 0 Å². The van der Waals surface area contributed by atoms with Crippen molar-refractivity contribution in [1.29, 1.82) is 0 Å². The molecule has 38 valence electrons. The van der Waals surface area contributed by atoms with Gasteiger partial charge < -0.3 is 0 Å². The van der Waals surface area contributed by atoms with E-state index in [1.807, 2.05) is 0 Å². The molecule has 0 aromatic carbocycles. The van der Waals surface area contributed by atoms with Crippen molar-refractivity contribution in [1.82, 2.24) is 0 Å². The molecule has 0 aromatic heterocycles. The zero-order chi connectivity index (χ0) is 5.28. The van der Waals surface area contributed by atoms with E-state index < -0.39 is 13.8 Å². The molecule has 1 aliphatic heterocycles. The summed E-state index contributed by atoms with van der Waals surface area (Å²) in [4.78, 5) is 11.7. The number of carbonyl (C=O) groups is 1. The van der Waals surface area contributed by atoms with Crippen LogP contribution in [-0.2, 0) is 8.63 Å². The second-order valence-corrected chi connectivity index (χ2v) is 4.07. The summed E-state index contributed by atoms with van der Waals surface area (Å²) < 4.78 is 10.4. The fraction of sp³-hybridized carbons (Fsp3) is 0.250. The van der Waals surface area contributed by atoms with Crippen LogP contribution in [0.25, 0.3) is 0 Å². The summed E-state index contributed by atoms with van der Waals surface area (Å²) in [7, 11) is 0. The Morgan fingerprint density at radius 3 is 2.57 bits per heavy atom. The molecule has 1 unspecified atom stereocenters. The first-order valence-electron chi connectivity index (χ1n) is 1.87. The van der Waals surface area contributed by atoms with Gasteiger partial charge >= 0.3 is 44.6 Å². The predicted molar refractivity (Wildman–Crippen MR) is 25.4 cm³/mol. The van der Waals surface area contributed by atoms with Crippen LogP contribution in [0.1, 0.15) is 0 Å². The molecular formula is C4H4O2Se. The molecule has 0 amide bonds. The van der Waals surface area contributed by atoms with Crippen molar-refractivity contribution in [3.63, 3.8) is 0 Å². The van der Waals surface area contributed by atoms with Crippen molar-refractivity contribution in [2.45, 2.75) is 5.32 Å². The van der Waals surface area contributed by atoms with Crippen LogP contribution in [0.15, 0.2) is 11.1 Å². The third-order valence-electron chi connectivity index (χ3n) is 0.690. The standard InChI is InChI=1S/C4H4O2Se/c5-4-1-2-7(6)3-4/h1-2H,3H2. The summed E-state index contributed by atoms with van der Waals surface area (Å²) >= 11 is -1.77. The van der Waals surface area contributed by atoms with Crippen molar-refractivity contribution >= 4 is 19.6 Å². The molecule has 1 aliphatic rings. The van der Waals surface area contributed by atoms with E-state index in [2.05, 4.69) is 0 Å². The van der Waals surface area contributed by atoms with Crippen LogP contribution >= 0.6 is 0 Å². The van der Waals surface area contributed by atoms with Gasteiger partial charge in [0.2, 0.25) is 0 Å². The van der Waals surface area contributed by atoms with Gasteiger partial charge in [0.15, 0.2) is 0 Å². The van der Waals surface area contributed by atoms with Gasteiger partial charge in [-0.1, -0.05) is 0 Å². The fourth-order valence-electron chi connectivity index (χ4n) is 0.388. The first-order valence-corrected chi connectivity index (χ1v) is 4.77. The first-order chi connectivity index (χ1) is 3.29. The van der Waals surface area contributed by atoms with E-state index in [1.165, 1.54) is 11.1 Å². The minimum atomic E-state index is -1.77. The van der Waals surface area contributed by atoms with Crippen LogP contribution in [0.2, 0.25) is 5.32 Å². The third-order valence-corrected chi connectivity index (χ3v) is 2.81. The van der Waals surface area contributed by atoms with Crippen molar-refractivity contribution < 1.29 is 8.63 Å². The number of carbonyl (C=O) groups excluding carboxylic acids is 1. The molecule has 0 aliphatic carbocycles. The average molecular weight is 163 g/mol. The second-order valence-electron chi connectivity index (χ2n) is 1.29. The van der Waals surface area contributed by atoms with Gasteiger partial charge in [-0.25, -0.2) is 0 Å². The summed E-state index contributed by atoms with van der Waals surface area (Å²) in [6, 6.07) is 0. The second kappa shape index (κ2) is 1.68. The molecule has 0 bridgehead atoms. The molecular weight excluding hydrogens is 159 g/mol. The summed E-state index contributed by atoms with van der Waals surface area (Å²) in [5, 5.41) is 0.292. The molecule has 0 saturated carbocycles. The summed E-state index contributed by atoms with van der Waals surface area (Å²) in [5.41, 5.74) is 0. The van der Waals surface area contributed by atoms with E-state index in [4.69, 9.17) is 0 Å². The summed E-state index contributed by atoms with van der Waals surface area (Å²) in [5.74, 6) is 0.0139. The maximum atomic E-state index is 10.4. The van der Waals surface area contributed by atoms with Gasteiger partial charge in [0.1, 0.15) is 0 Å². The van der Waals surface area contributed by atoms with Gasteiger partial charge in [0.25, 0.3) is 0 Å². The van der Waals surface area contributed by atoms with Gasteiger partial charge in [0.05, 0.1) is 0 Å². The molecule has 0 saturated heterocycles. The predicted octanol–water partition coefficient (Wildman–Crippen LogP) is 0.0865. The van der Waals surface area contributed by atoms with E-state index in [0.717, 1.165) is 0 Å². The van der Waals surface area contributed by atoms with E-state index in [-0.39, 0.29) is 5.78 Å². The molecule has 0 aromatic rings. The Labute approximate surface area is 45.3 Å². The molecule has 0 spiro atoms. The number of rotatable bonds is 0. The summed E-state index contributed by atoms with van der Waals surface area (Å²) in [6.07, 6.45) is 1.40. The van der Waals surface area contributed by atoms with Crippen LogP contribution in [0.5, 0.6) is 0 Å². The fourth-order valence-corrected chi connectivity index (χ4v) is 2.02. The van der Waals surface area contributed by atoms with E-state index >= 15 is 0 Å². The van der Waals surface area contributed by atoms with Crippen molar-refractivity contribution in [2.24, 2.45) is 0 Å². The number of allylic oxidation sites excluding steroid dienone is 1. The Hall–Kier alpha value is -0.271. The van der Waals surface area contributed by atoms with E-state index in [0.29, 0.717) is 5.32 Å². The van der Waals surface area contributed by atoms with Gasteiger partial charge in [-0.2, -0.15) is 0 Å². The monoisotopic (exact) mass is 164 g/mol. The molecule has 0 radical (unpaired) electrons. The zero-order valence-corrected chi connectivity index (χ0v) is 5.30. The molecule has 0 fully saturated rings. The van der Waals surface area contributed by atoms with Crippen molar-refractivity contribution in [2.75, 3.05) is 0 Å². The molecule has 2 nitrogen and oxygen atoms in total. The Kier molecular flexibility index (Phi) is 1.17. The molecule has 0 N–H and O–H groups in total. The van der Waals surface area contributed by atoms with Crippen molar-refractivity contribution in [3.05, 3.63) is 11.1 Å². The first kappa shape index (κ1) is 4.88. The Balaban J connectivity index is 2.76. The molecule has 3 heteroatoms. The van der Waals surface area contributed by atoms with Crippen molar-refractivity contribution in [3.8, 4) is 0 Å². The van der Waals surface area contributed by atoms with Gasteiger partial charge in [-0.3, -0.25) is 0 Å². The molecule has 1 atom stereocenters. The van der Waals surface area contributed by atoms with Crippen LogP contribution < -0.4 is 0 Å². The van der Waals surface area contributed by atoms with Crippen LogP contribution in [0.3, 0.4) is 0 Å². The number of hydrogen-bond acceptors (Lipinski definition) is 2. The molecule has 7 heavy (non-hydrogen) atoms. The summed E-state index contributed by atoms with van der Waals surface area (Å²) in [6.45, 7) is 0. The van der Waals surface area contributed by atoms with E-state index in [1.54, 1.807) is 0 Å². The normalized spacial score (nSPS) is 29.1. The number of ketones is 1. The maximum absolute atomic E-state index is 10.4. The van der Waals surface area contributed by atoms with Gasteiger partial charge in [0, 0.05) is 0 Å². The van der Waals surface area contributed by atoms with E-state index in [9.17, 15) is 8.63 Å². The van der Waals surface area contributed by atoms with Crippen LogP contribution in [0, 0.1) is 0 Å². The van der Waals surface area contributed by atoms with Crippen LogP contribution in [0.4, 0.5) is 0 Å². The average Bonchev–Trinajstić information content (AvgIpc) is 1.87. The Morgan fingerprint density at radius 1 is 1.71 bits per heavy atom. The third kappa shape index (κ3) is 1.05. The minimum absolute atomic E-state index is 0.0139. The SMILES string of the molecule is O=C1C=C[Se](=O)C1. The molecule has 1 heterocycles. The zero-order valence-electron chi connectivity index (χ0n) is 3.59. The van der Waals surface area contributed by atoms with Crippen LogP contribution in [-0.4, -0.2) is 19.6 Å².